The molecule has 0 unspecified atom stereocenters. The van der Waals surface area contributed by atoms with Gasteiger partial charge in [0.1, 0.15) is 11.2 Å². The van der Waals surface area contributed by atoms with Gasteiger partial charge in [0.05, 0.1) is 34.1 Å². The van der Waals surface area contributed by atoms with Gasteiger partial charge in [-0.3, -0.25) is 0 Å². The van der Waals surface area contributed by atoms with Crippen molar-refractivity contribution in [1.29, 1.82) is 0 Å². The Bertz CT molecular complexity index is 4650. The van der Waals surface area contributed by atoms with Gasteiger partial charge in [-0.05, 0) is 180 Å². The van der Waals surface area contributed by atoms with Crippen LogP contribution in [0, 0.1) is 27.7 Å². The zero-order chi connectivity index (χ0) is 57.9. The Morgan fingerprint density at radius 1 is 0.326 bits per heavy atom. The van der Waals surface area contributed by atoms with Gasteiger partial charge in [-0.25, -0.2) is 0 Å². The van der Waals surface area contributed by atoms with Crippen LogP contribution >= 0.6 is 0 Å². The Morgan fingerprint density at radius 3 is 1.06 bits per heavy atom. The monoisotopic (exact) mass is 1120 g/mol. The highest BCUT2D eigenvalue weighted by Gasteiger charge is 2.33. The van der Waals surface area contributed by atoms with Crippen molar-refractivity contribution < 1.29 is 8.83 Å². The van der Waals surface area contributed by atoms with Crippen LogP contribution in [0.5, 0.6) is 0 Å². The van der Waals surface area contributed by atoms with E-state index in [2.05, 4.69) is 245 Å². The number of para-hydroxylation sites is 6. The van der Waals surface area contributed by atoms with Gasteiger partial charge < -0.3 is 18.6 Å². The molecule has 0 atom stereocenters. The molecule has 2 aromatic heterocycles. The molecule has 0 aliphatic heterocycles. The first-order valence-electron chi connectivity index (χ1n) is 31.8. The quantitative estimate of drug-likeness (QED) is 0.114. The van der Waals surface area contributed by atoms with Crippen LogP contribution in [0.2, 0.25) is 0 Å². The molecule has 2 aliphatic rings. The summed E-state index contributed by atoms with van der Waals surface area (Å²) in [5.74, 6) is 0.863. The Morgan fingerprint density at radius 2 is 0.663 bits per heavy atom. The van der Waals surface area contributed by atoms with E-state index in [0.717, 1.165) is 79.2 Å². The van der Waals surface area contributed by atoms with Crippen LogP contribution in [-0.4, -0.2) is 0 Å². The van der Waals surface area contributed by atoms with Gasteiger partial charge in [0.25, 0.3) is 0 Å². The molecular weight excluding hydrogens is 1040 g/mol. The predicted molar refractivity (Wildman–Crippen MR) is 365 cm³/mol. The molecular formula is C82H72N2O2. The van der Waals surface area contributed by atoms with Crippen LogP contribution in [0.15, 0.2) is 203 Å². The molecule has 0 amide bonds. The first-order valence-corrected chi connectivity index (χ1v) is 31.8. The molecule has 14 aromatic rings. The Hall–Kier alpha value is -9.12. The maximum absolute atomic E-state index is 7.48. The van der Waals surface area contributed by atoms with E-state index < -0.39 is 0 Å². The summed E-state index contributed by atoms with van der Waals surface area (Å²) in [5.41, 5.74) is 25.7. The highest BCUT2D eigenvalue weighted by atomic mass is 16.3. The van der Waals surface area contributed by atoms with Gasteiger partial charge in [0, 0.05) is 43.4 Å². The van der Waals surface area contributed by atoms with E-state index >= 15 is 0 Å². The average molecular weight is 1120 g/mol. The minimum atomic E-state index is 0.432. The predicted octanol–water partition coefficient (Wildman–Crippen LogP) is 24.3. The van der Waals surface area contributed by atoms with Crippen LogP contribution in [0.4, 0.5) is 34.1 Å². The molecule has 0 saturated heterocycles. The van der Waals surface area contributed by atoms with Crippen LogP contribution < -0.4 is 9.80 Å². The molecule has 2 fully saturated rings. The van der Waals surface area contributed by atoms with Gasteiger partial charge in [-0.2, -0.15) is 0 Å². The lowest BCUT2D eigenvalue weighted by Gasteiger charge is -2.33. The topological polar surface area (TPSA) is 32.8 Å². The zero-order valence-corrected chi connectivity index (χ0v) is 50.4. The molecule has 2 heterocycles. The van der Waals surface area contributed by atoms with Crippen molar-refractivity contribution in [3.05, 3.63) is 239 Å². The van der Waals surface area contributed by atoms with Crippen LogP contribution in [0.1, 0.15) is 122 Å². The third-order valence-electron chi connectivity index (χ3n) is 20.2. The Balaban J connectivity index is 1.02. The third-order valence-corrected chi connectivity index (χ3v) is 20.2. The van der Waals surface area contributed by atoms with Crippen LogP contribution in [0.3, 0.4) is 0 Å². The number of hydrogen-bond donors (Lipinski definition) is 0. The van der Waals surface area contributed by atoms with Gasteiger partial charge >= 0.3 is 0 Å². The largest absolute Gasteiger partial charge is 0.453 e. The molecule has 12 aromatic carbocycles. The smallest absolute Gasteiger partial charge is 0.159 e. The van der Waals surface area contributed by atoms with Gasteiger partial charge in [0.15, 0.2) is 11.2 Å². The summed E-state index contributed by atoms with van der Waals surface area (Å²) in [6, 6.07) is 73.6. The normalized spacial score (nSPS) is 14.3. The first kappa shape index (κ1) is 52.4. The van der Waals surface area contributed by atoms with Gasteiger partial charge in [0.2, 0.25) is 0 Å². The molecule has 422 valence electrons. The molecule has 2 saturated carbocycles. The van der Waals surface area contributed by atoms with E-state index in [4.69, 9.17) is 8.83 Å². The second kappa shape index (κ2) is 20.8. The van der Waals surface area contributed by atoms with Crippen molar-refractivity contribution in [3.8, 4) is 22.3 Å². The molecule has 0 radical (unpaired) electrons. The standard InChI is InChI=1S/C82H72N2O2/c1-7-53-27-13-15-33-57(53)61-35-19-37-63-65-39-21-41-71(81(65)85-79(61)63)83(77-49(3)23-17-24-50(77)4)73-47-69(55-29-9-10-30-55)59-44-46-68-74(48-70(56-31-11-12-32-56)60-43-45-67(73)75(59)76(60)68)84(78-51(5)25-18-26-52(78)6)72-42-22-40-66-64-38-20-36-62(80(64)86-82(66)72)58-34-16-14-28-54(58)8-2/h13-28,33-48,55-56H,7-12,29-32H2,1-6H3. The van der Waals surface area contributed by atoms with Crippen molar-refractivity contribution >= 4 is 110 Å². The minimum Gasteiger partial charge on any atom is -0.453 e. The molecule has 86 heavy (non-hydrogen) atoms. The van der Waals surface area contributed by atoms with E-state index in [1.165, 1.54) is 162 Å². The summed E-state index contributed by atoms with van der Waals surface area (Å²) < 4.78 is 15.0. The summed E-state index contributed by atoms with van der Waals surface area (Å²) in [4.78, 5) is 5.22. The lowest BCUT2D eigenvalue weighted by Crippen LogP contribution is -2.16. The molecule has 0 N–H and O–H groups in total. The van der Waals surface area contributed by atoms with Crippen molar-refractivity contribution in [3.63, 3.8) is 0 Å². The minimum absolute atomic E-state index is 0.432. The Labute approximate surface area is 504 Å². The van der Waals surface area contributed by atoms with Crippen molar-refractivity contribution in [2.75, 3.05) is 9.80 Å². The SMILES string of the molecule is CCc1ccccc1-c1cccc2c1oc1c(N(c3c(C)cccc3C)c3cc(C4CCCC4)c4ccc5c(N(c6c(C)cccc6C)c6cccc7c6oc6c(-c8ccccc8CC)cccc67)cc(C6CCCC6)c6ccc3c4c65)cccc12. The van der Waals surface area contributed by atoms with Crippen LogP contribution in [-0.2, 0) is 12.8 Å². The van der Waals surface area contributed by atoms with Crippen molar-refractivity contribution in [2.45, 2.75) is 118 Å². The average Bonchev–Trinajstić information content (AvgIpc) is 0.858. The third kappa shape index (κ3) is 8.08. The van der Waals surface area contributed by atoms with E-state index in [-0.39, 0.29) is 0 Å². The zero-order valence-electron chi connectivity index (χ0n) is 50.4. The highest BCUT2D eigenvalue weighted by Crippen LogP contribution is 2.56. The molecule has 0 spiro atoms. The van der Waals surface area contributed by atoms with E-state index in [1.807, 2.05) is 0 Å². The fraction of sp³-hybridized carbons (Fsp3) is 0.220. The van der Waals surface area contributed by atoms with E-state index in [9.17, 15) is 0 Å². The van der Waals surface area contributed by atoms with Crippen LogP contribution in [0.25, 0.3) is 98.4 Å². The lowest BCUT2D eigenvalue weighted by atomic mass is 9.82. The maximum atomic E-state index is 7.48. The van der Waals surface area contributed by atoms with Crippen molar-refractivity contribution in [2.24, 2.45) is 0 Å². The lowest BCUT2D eigenvalue weighted by molar-refractivity contribution is 0.669. The molecule has 4 nitrogen and oxygen atoms in total. The second-order valence-electron chi connectivity index (χ2n) is 25.1. The number of aryl methyl sites for hydroxylation is 6. The number of fused-ring (bicyclic) bond motifs is 6. The first-order chi connectivity index (χ1) is 42.3. The Kier molecular flexibility index (Phi) is 12.7. The fourth-order valence-corrected chi connectivity index (χ4v) is 16.2. The highest BCUT2D eigenvalue weighted by molar-refractivity contribution is 6.30. The summed E-state index contributed by atoms with van der Waals surface area (Å²) in [7, 11) is 0. The molecule has 0 bridgehead atoms. The number of benzene rings is 12. The van der Waals surface area contributed by atoms with E-state index in [0.29, 0.717) is 11.8 Å². The number of rotatable bonds is 12. The summed E-state index contributed by atoms with van der Waals surface area (Å²) >= 11 is 0. The number of anilines is 6. The van der Waals surface area contributed by atoms with Crippen molar-refractivity contribution in [1.82, 2.24) is 0 Å². The summed E-state index contributed by atoms with van der Waals surface area (Å²) in [6.45, 7) is 13.7. The van der Waals surface area contributed by atoms with E-state index in [1.54, 1.807) is 0 Å². The van der Waals surface area contributed by atoms with Gasteiger partial charge in [-0.1, -0.05) is 209 Å². The number of hydrogen-bond acceptors (Lipinski definition) is 4. The van der Waals surface area contributed by atoms with Gasteiger partial charge in [-0.15, -0.1) is 0 Å². The summed E-state index contributed by atoms with van der Waals surface area (Å²) in [5, 5.41) is 12.5. The maximum Gasteiger partial charge on any atom is 0.159 e. The fourth-order valence-electron chi connectivity index (χ4n) is 16.2. The summed E-state index contributed by atoms with van der Waals surface area (Å²) in [6.07, 6.45) is 11.6. The molecule has 2 aliphatic carbocycles. The molecule has 16 rings (SSSR count). The molecule has 4 heteroatoms. The number of nitrogens with zero attached hydrogens (tertiary/aromatic N) is 2. The number of furan rings is 2. The second-order valence-corrected chi connectivity index (χ2v) is 25.1.